The van der Waals surface area contributed by atoms with Crippen LogP contribution in [0.3, 0.4) is 0 Å². The Hall–Kier alpha value is -7.07. The average molecular weight is 2430 g/mol. The Balaban J connectivity index is 0.0000327. The first-order valence-corrected chi connectivity index (χ1v) is 45.0. The van der Waals surface area contributed by atoms with Crippen LogP contribution in [0.5, 0.6) is 0 Å². The van der Waals surface area contributed by atoms with E-state index in [1.807, 2.05) is 0 Å². The summed E-state index contributed by atoms with van der Waals surface area (Å²) >= 11 is 0. The minimum atomic E-state index is -1.87. The van der Waals surface area contributed by atoms with Crippen LogP contribution < -0.4 is 41.7 Å². The molecule has 55 nitrogen and oxygen atoms in total. The summed E-state index contributed by atoms with van der Waals surface area (Å²) in [5.74, 6) is -20.8. The molecular formula is C82H138Gd3N24O31+5. The zero-order chi connectivity index (χ0) is 102. The number of carbonyl (C=O) groups is 20. The molecule has 4 aliphatic heterocycles. The number of likely N-dealkylation sites (N-methyl/N-ethyl adjacent to an activating group) is 4. The number of nitrogens with zero attached hydrogens (tertiary/aromatic N) is 20. The van der Waals surface area contributed by atoms with Gasteiger partial charge in [0.05, 0.1) is 129 Å². The van der Waals surface area contributed by atoms with Crippen LogP contribution in [0.1, 0.15) is 6.92 Å². The summed E-state index contributed by atoms with van der Waals surface area (Å²) in [5, 5.41) is 127. The first kappa shape index (κ1) is 131. The molecular weight excluding hydrogens is 2290 g/mol. The van der Waals surface area contributed by atoms with Crippen molar-refractivity contribution in [1.82, 2.24) is 119 Å². The number of nitrogens with one attached hydrogen (secondary N) is 4. The van der Waals surface area contributed by atoms with Gasteiger partial charge in [0.1, 0.15) is 5.78 Å². The SMILES string of the molecule is CC(=O)CN1CCN(CC(=O)[O-])CCN(CC(=O)N(C)CC(=O)NCC(CNC(=O)CN(C)C(=O)CN2CCN(CC(=O)[O-])CCN(CC(=O)[O-])CCN(CC(=O)O)CC2)(CNC(=O)CN(C)C(=O)CN2CCN(CC(=O)[O-])CCN(CC(=O)O)CCN(CC(=O)O)CC2)CNC(=O)CN(C)C(=O)CN2CCN(CC(=O)O)CCN(CC(=O)O)CCN(CC(=O)O)CC2)CCN(CC(=O)O)CC1.[Gd+3].[Gd+3].[Gd+3]. The fraction of sp³-hybridized carbons (Fsp3) is 0.756. The molecule has 140 heavy (non-hydrogen) atoms. The number of Topliss-reactive ketones (excluding diaryl/α,β-unsaturated/α-hetero) is 1. The normalized spacial score (nSPS) is 18.3. The molecule has 0 aliphatic carbocycles. The summed E-state index contributed by atoms with van der Waals surface area (Å²) in [6.07, 6.45) is 0. The van der Waals surface area contributed by atoms with Gasteiger partial charge >= 0.3 is 162 Å². The van der Waals surface area contributed by atoms with Gasteiger partial charge in [0, 0.05) is 295 Å². The van der Waals surface area contributed by atoms with Crippen molar-refractivity contribution in [2.75, 3.05) is 395 Å². The van der Waals surface area contributed by atoms with E-state index in [1.54, 1.807) is 34.3 Å². The topological polar surface area (TPSA) is 688 Å². The molecule has 791 valence electrons. The number of carbonyl (C=O) groups excluding carboxylic acids is 13. The van der Waals surface area contributed by atoms with Crippen LogP contribution >= 0.6 is 0 Å². The van der Waals surface area contributed by atoms with Gasteiger partial charge in [-0.25, -0.2) is 0 Å². The van der Waals surface area contributed by atoms with Crippen molar-refractivity contribution in [2.45, 2.75) is 6.92 Å². The minimum absolute atomic E-state index is 0. The molecule has 4 saturated heterocycles. The van der Waals surface area contributed by atoms with Crippen LogP contribution in [0.2, 0.25) is 0 Å². The largest absolute Gasteiger partial charge is 3.00 e. The van der Waals surface area contributed by atoms with Crippen LogP contribution in [0, 0.1) is 125 Å². The number of carboxylic acids is 11. The summed E-state index contributed by atoms with van der Waals surface area (Å²) in [6.45, 7) is -10.3. The molecule has 1 atom stereocenters. The van der Waals surface area contributed by atoms with Crippen molar-refractivity contribution in [1.29, 1.82) is 0 Å². The summed E-state index contributed by atoms with van der Waals surface area (Å²) in [4.78, 5) is 289. The Kier molecular flexibility index (Phi) is 66.1. The molecule has 0 bridgehead atoms. The molecule has 0 spiro atoms. The fourth-order valence-electron chi connectivity index (χ4n) is 15.4. The molecule has 3 radical (unpaired) electrons. The smallest absolute Gasteiger partial charge is 0.549 e. The van der Waals surface area contributed by atoms with Crippen LogP contribution in [0.4, 0.5) is 0 Å². The molecule has 58 heteroatoms. The van der Waals surface area contributed by atoms with Crippen LogP contribution in [0.15, 0.2) is 0 Å². The summed E-state index contributed by atoms with van der Waals surface area (Å²) in [6, 6.07) is 0. The monoisotopic (exact) mass is 2430 g/mol. The van der Waals surface area contributed by atoms with Gasteiger partial charge in [-0.3, -0.25) is 155 Å². The molecule has 0 saturated carbocycles. The van der Waals surface area contributed by atoms with Gasteiger partial charge in [-0.2, -0.15) is 0 Å². The number of amides is 8. The molecule has 4 heterocycles. The number of carboxylic acid groups (broad SMARTS) is 11. The third-order valence-electron chi connectivity index (χ3n) is 23.4. The Morgan fingerprint density at radius 2 is 0.329 bits per heavy atom. The van der Waals surface area contributed by atoms with Gasteiger partial charge in [0.2, 0.25) is 47.3 Å². The molecule has 11 N–H and O–H groups in total. The second kappa shape index (κ2) is 70.6. The third kappa shape index (κ3) is 59.4. The van der Waals surface area contributed by atoms with Gasteiger partial charge < -0.3 is 116 Å². The minimum Gasteiger partial charge on any atom is -0.549 e. The maximum absolute atomic E-state index is 14.6. The van der Waals surface area contributed by atoms with Gasteiger partial charge in [-0.1, -0.05) is 0 Å². The summed E-state index contributed by atoms with van der Waals surface area (Å²) in [7, 11) is 5.06. The van der Waals surface area contributed by atoms with Gasteiger partial charge in [-0.15, -0.1) is 0 Å². The van der Waals surface area contributed by atoms with Crippen LogP contribution in [-0.4, -0.2) is 647 Å². The van der Waals surface area contributed by atoms with E-state index in [2.05, 4.69) is 21.3 Å². The zero-order valence-corrected chi connectivity index (χ0v) is 86.8. The van der Waals surface area contributed by atoms with Crippen molar-refractivity contribution in [3.63, 3.8) is 0 Å². The summed E-state index contributed by atoms with van der Waals surface area (Å²) < 4.78 is 0. The maximum Gasteiger partial charge on any atom is 3.00 e. The van der Waals surface area contributed by atoms with Gasteiger partial charge in [0.15, 0.2) is 0 Å². The predicted octanol–water partition coefficient (Wildman–Crippen LogP) is -18.7. The standard InChI is InChI=1S/C82H142N24O31.3Gd/c1-62(107)38-91-6-16-96(47-71(116)117)18-8-92(9-19-97(17-7-91)48-72(118)119)43-67(112)87(2)39-63(108)83-58-82(59-84-64(109)40-88(3)68(113)44-93-10-20-98(49-73(120)121)26-32-104(55-79(132)133)33-27-99(21-11-93)50-74(122)123,60-85-65(110)41-89(4)69(114)45-94-12-22-100(51-75(124)125)28-34-105(56-80(134)135)35-29-101(23-13-94)52-76(126)127)61-86-66(111)42-90(5)70(115)46-95-14-24-102(53-77(128)129)30-36-106(57-81(136)137)37-31-103(25-15-95)54-78(130)131;;;/h6-61H2,1-5H3,(H,83,108)(H,84,109)(H,85,110)(H,86,111)(H,116,117)(H,118,119)(H,120,121)(H,122,123)(H,124,125)(H,126,127)(H,128,129)(H,130,131)(H,132,133)(H,134,135)(H,136,137);;;/q;3*+3/p-4. The van der Waals surface area contributed by atoms with E-state index in [9.17, 15) is 152 Å². The second-order valence-electron chi connectivity index (χ2n) is 35.0. The molecule has 4 aliphatic rings. The van der Waals surface area contributed by atoms with E-state index in [-0.39, 0.29) is 342 Å². The predicted molar refractivity (Wildman–Crippen MR) is 472 cm³/mol. The van der Waals surface area contributed by atoms with E-state index in [4.69, 9.17) is 0 Å². The third-order valence-corrected chi connectivity index (χ3v) is 23.4. The van der Waals surface area contributed by atoms with Crippen molar-refractivity contribution in [2.24, 2.45) is 5.41 Å². The number of hydrogen-bond donors (Lipinski definition) is 11. The van der Waals surface area contributed by atoms with E-state index in [1.165, 1.54) is 79.2 Å². The Labute approximate surface area is 908 Å². The maximum atomic E-state index is 14.6. The average Bonchev–Trinajstić information content (AvgIpc) is 0.806. The first-order valence-electron chi connectivity index (χ1n) is 45.0. The van der Waals surface area contributed by atoms with Crippen molar-refractivity contribution >= 4 is 119 Å². The number of rotatable bonds is 48. The molecule has 0 aromatic heterocycles. The van der Waals surface area contributed by atoms with Crippen molar-refractivity contribution in [3.8, 4) is 0 Å². The van der Waals surface area contributed by atoms with Crippen molar-refractivity contribution in [3.05, 3.63) is 0 Å². The Morgan fingerprint density at radius 3 is 0.443 bits per heavy atom. The molecule has 1 unspecified atom stereocenters. The van der Waals surface area contributed by atoms with Crippen LogP contribution in [-0.2, 0) is 95.9 Å². The number of aliphatic carboxylic acids is 11. The second-order valence-corrected chi connectivity index (χ2v) is 35.0. The Morgan fingerprint density at radius 1 is 0.214 bits per heavy atom. The molecule has 4 fully saturated rings. The first-order chi connectivity index (χ1) is 64.6. The van der Waals surface area contributed by atoms with Gasteiger partial charge in [-0.05, 0) is 6.92 Å². The fourth-order valence-corrected chi connectivity index (χ4v) is 15.4. The Bertz CT molecular complexity index is 3410. The van der Waals surface area contributed by atoms with Crippen LogP contribution in [0.25, 0.3) is 0 Å². The van der Waals surface area contributed by atoms with E-state index < -0.39 is 269 Å². The summed E-state index contributed by atoms with van der Waals surface area (Å²) in [5.41, 5.74) is -1.87. The molecule has 0 aromatic rings. The molecule has 0 aromatic carbocycles. The van der Waals surface area contributed by atoms with E-state index in [0.717, 1.165) is 19.6 Å². The van der Waals surface area contributed by atoms with Crippen molar-refractivity contribution < 1.29 is 272 Å². The quantitative estimate of drug-likeness (QED) is 0.0269. The zero-order valence-electron chi connectivity index (χ0n) is 80.0. The molecule has 4 rings (SSSR count). The molecule has 8 amide bonds. The van der Waals surface area contributed by atoms with Gasteiger partial charge in [0.25, 0.3) is 0 Å². The van der Waals surface area contributed by atoms with E-state index in [0.29, 0.717) is 0 Å². The number of ketones is 1. The van der Waals surface area contributed by atoms with E-state index >= 15 is 0 Å². The number of hydrogen-bond acceptors (Lipinski definition) is 40.